The van der Waals surface area contributed by atoms with Crippen molar-refractivity contribution >= 4 is 22.4 Å². The van der Waals surface area contributed by atoms with Crippen LogP contribution in [0.25, 0.3) is 22.0 Å². The average Bonchev–Trinajstić information content (AvgIpc) is 2.73. The molecular weight excluding hydrogens is 356 g/mol. The predicted octanol–water partition coefficient (Wildman–Crippen LogP) is 5.67. The van der Waals surface area contributed by atoms with Crippen LogP contribution in [0.2, 0.25) is 5.15 Å². The van der Waals surface area contributed by atoms with E-state index < -0.39 is 0 Å². The first-order valence-corrected chi connectivity index (χ1v) is 9.35. The summed E-state index contributed by atoms with van der Waals surface area (Å²) in [6, 6.07) is 12.0. The number of aromatic nitrogens is 4. The van der Waals surface area contributed by atoms with Gasteiger partial charge in [0.25, 0.3) is 0 Å². The summed E-state index contributed by atoms with van der Waals surface area (Å²) >= 11 is 6.27. The SMILES string of the molecule is CC.Cc1ccc2c(Cl)nccc2c1Cc1ncccc1-c1ccncn1. The number of hydrogen-bond donors (Lipinski definition) is 0. The summed E-state index contributed by atoms with van der Waals surface area (Å²) in [5.74, 6) is 0. The van der Waals surface area contributed by atoms with Crippen LogP contribution in [0.5, 0.6) is 0 Å². The number of nitrogens with zero attached hydrogens (tertiary/aromatic N) is 4. The Bertz CT molecular complexity index is 1050. The van der Waals surface area contributed by atoms with Gasteiger partial charge in [-0.05, 0) is 47.7 Å². The van der Waals surface area contributed by atoms with Gasteiger partial charge in [-0.1, -0.05) is 37.6 Å². The summed E-state index contributed by atoms with van der Waals surface area (Å²) in [5, 5.41) is 2.60. The zero-order valence-electron chi connectivity index (χ0n) is 15.6. The van der Waals surface area contributed by atoms with Crippen molar-refractivity contribution in [3.8, 4) is 11.3 Å². The number of aryl methyl sites for hydroxylation is 1. The van der Waals surface area contributed by atoms with Crippen LogP contribution in [-0.4, -0.2) is 19.9 Å². The summed E-state index contributed by atoms with van der Waals surface area (Å²) in [6.45, 7) is 6.11. The van der Waals surface area contributed by atoms with Crippen LogP contribution in [0.1, 0.15) is 30.7 Å². The topological polar surface area (TPSA) is 51.6 Å². The Morgan fingerprint density at radius 3 is 2.48 bits per heavy atom. The molecular formula is C22H21ClN4. The Morgan fingerprint density at radius 2 is 1.70 bits per heavy atom. The largest absolute Gasteiger partial charge is 0.260 e. The molecule has 3 aromatic heterocycles. The third-order valence-electron chi connectivity index (χ3n) is 4.33. The summed E-state index contributed by atoms with van der Waals surface area (Å²) < 4.78 is 0. The van der Waals surface area contributed by atoms with Crippen LogP contribution in [0, 0.1) is 6.92 Å². The van der Waals surface area contributed by atoms with Crippen LogP contribution < -0.4 is 0 Å². The molecule has 0 saturated heterocycles. The van der Waals surface area contributed by atoms with Crippen molar-refractivity contribution in [1.29, 1.82) is 0 Å². The van der Waals surface area contributed by atoms with E-state index in [0.29, 0.717) is 11.6 Å². The second kappa shape index (κ2) is 8.69. The molecule has 0 aliphatic carbocycles. The van der Waals surface area contributed by atoms with Gasteiger partial charge in [-0.3, -0.25) is 4.98 Å². The number of rotatable bonds is 3. The maximum Gasteiger partial charge on any atom is 0.136 e. The van der Waals surface area contributed by atoms with Crippen molar-refractivity contribution in [3.63, 3.8) is 0 Å². The second-order valence-corrected chi connectivity index (χ2v) is 6.18. The molecule has 136 valence electrons. The maximum atomic E-state index is 6.27. The molecule has 0 bridgehead atoms. The molecule has 0 aliphatic rings. The summed E-state index contributed by atoms with van der Waals surface area (Å²) in [5.41, 5.74) is 5.27. The fraction of sp³-hybridized carbons (Fsp3) is 0.182. The summed E-state index contributed by atoms with van der Waals surface area (Å²) in [4.78, 5) is 17.2. The van der Waals surface area contributed by atoms with E-state index in [0.717, 1.165) is 27.7 Å². The Hall–Kier alpha value is -2.85. The monoisotopic (exact) mass is 376 g/mol. The number of hydrogen-bond acceptors (Lipinski definition) is 4. The van der Waals surface area contributed by atoms with Crippen LogP contribution in [0.3, 0.4) is 0 Å². The number of benzene rings is 1. The molecule has 0 saturated carbocycles. The molecule has 0 unspecified atom stereocenters. The zero-order valence-corrected chi connectivity index (χ0v) is 16.4. The lowest BCUT2D eigenvalue weighted by atomic mass is 9.95. The molecule has 4 nitrogen and oxygen atoms in total. The van der Waals surface area contributed by atoms with E-state index in [9.17, 15) is 0 Å². The Labute approximate surface area is 164 Å². The van der Waals surface area contributed by atoms with Gasteiger partial charge in [-0.15, -0.1) is 0 Å². The van der Waals surface area contributed by atoms with Gasteiger partial charge < -0.3 is 0 Å². The van der Waals surface area contributed by atoms with Crippen molar-refractivity contribution in [1.82, 2.24) is 19.9 Å². The van der Waals surface area contributed by atoms with E-state index >= 15 is 0 Å². The van der Waals surface area contributed by atoms with Crippen molar-refractivity contribution in [2.45, 2.75) is 27.2 Å². The molecule has 0 fully saturated rings. The van der Waals surface area contributed by atoms with Crippen molar-refractivity contribution in [3.05, 3.63) is 83.3 Å². The maximum absolute atomic E-state index is 6.27. The first-order valence-electron chi connectivity index (χ1n) is 8.97. The molecule has 5 heteroatoms. The minimum atomic E-state index is 0.524. The Kier molecular flexibility index (Phi) is 6.09. The number of fused-ring (bicyclic) bond motifs is 1. The van der Waals surface area contributed by atoms with Crippen LogP contribution in [-0.2, 0) is 6.42 Å². The predicted molar refractivity (Wildman–Crippen MR) is 111 cm³/mol. The van der Waals surface area contributed by atoms with Crippen molar-refractivity contribution in [2.24, 2.45) is 0 Å². The second-order valence-electron chi connectivity index (χ2n) is 5.83. The minimum Gasteiger partial charge on any atom is -0.260 e. The summed E-state index contributed by atoms with van der Waals surface area (Å²) in [6.07, 6.45) is 7.56. The molecule has 3 heterocycles. The number of pyridine rings is 2. The lowest BCUT2D eigenvalue weighted by molar-refractivity contribution is 1.06. The molecule has 0 atom stereocenters. The molecule has 0 radical (unpaired) electrons. The quantitative estimate of drug-likeness (QED) is 0.432. The fourth-order valence-corrected chi connectivity index (χ4v) is 3.28. The first-order chi connectivity index (χ1) is 13.2. The Morgan fingerprint density at radius 1 is 0.852 bits per heavy atom. The molecule has 4 aromatic rings. The van der Waals surface area contributed by atoms with Crippen molar-refractivity contribution in [2.75, 3.05) is 0 Å². The molecule has 0 N–H and O–H groups in total. The van der Waals surface area contributed by atoms with Gasteiger partial charge in [0.15, 0.2) is 0 Å². The normalized spacial score (nSPS) is 10.4. The highest BCUT2D eigenvalue weighted by Crippen LogP contribution is 2.30. The van der Waals surface area contributed by atoms with E-state index in [1.807, 2.05) is 50.4 Å². The Balaban J connectivity index is 0.00000102. The molecule has 4 rings (SSSR count). The highest BCUT2D eigenvalue weighted by atomic mass is 35.5. The zero-order chi connectivity index (χ0) is 19.2. The van der Waals surface area contributed by atoms with E-state index in [1.54, 1.807) is 18.7 Å². The van der Waals surface area contributed by atoms with E-state index in [4.69, 9.17) is 11.6 Å². The van der Waals surface area contributed by atoms with Gasteiger partial charge in [0.1, 0.15) is 11.5 Å². The van der Waals surface area contributed by atoms with Crippen LogP contribution >= 0.6 is 11.6 Å². The van der Waals surface area contributed by atoms with E-state index in [-0.39, 0.29) is 0 Å². The molecule has 0 spiro atoms. The third-order valence-corrected chi connectivity index (χ3v) is 4.64. The molecule has 27 heavy (non-hydrogen) atoms. The van der Waals surface area contributed by atoms with Gasteiger partial charge in [-0.25, -0.2) is 15.0 Å². The minimum absolute atomic E-state index is 0.524. The van der Waals surface area contributed by atoms with Gasteiger partial charge in [0.05, 0.1) is 11.4 Å². The number of halogens is 1. The lowest BCUT2D eigenvalue weighted by Crippen LogP contribution is -2.00. The van der Waals surface area contributed by atoms with Gasteiger partial charge >= 0.3 is 0 Å². The van der Waals surface area contributed by atoms with Gasteiger partial charge in [-0.2, -0.15) is 0 Å². The lowest BCUT2D eigenvalue weighted by Gasteiger charge is -2.13. The third kappa shape index (κ3) is 3.96. The van der Waals surface area contributed by atoms with Gasteiger partial charge in [0, 0.05) is 36.0 Å². The standard InChI is InChI=1S/C20H15ClN4.C2H6/c1-13-4-5-15-14(6-10-24-20(15)21)17(13)11-19-16(3-2-8-23-19)18-7-9-22-12-25-18;1-2/h2-10,12H,11H2,1H3;1-2H3. The van der Waals surface area contributed by atoms with Crippen molar-refractivity contribution < 1.29 is 0 Å². The molecule has 0 amide bonds. The van der Waals surface area contributed by atoms with E-state index in [1.165, 1.54) is 11.1 Å². The summed E-state index contributed by atoms with van der Waals surface area (Å²) in [7, 11) is 0. The molecule has 1 aromatic carbocycles. The highest BCUT2D eigenvalue weighted by molar-refractivity contribution is 6.34. The molecule has 0 aliphatic heterocycles. The fourth-order valence-electron chi connectivity index (χ4n) is 3.05. The smallest absolute Gasteiger partial charge is 0.136 e. The first kappa shape index (κ1) is 18.9. The van der Waals surface area contributed by atoms with E-state index in [2.05, 4.69) is 32.9 Å². The van der Waals surface area contributed by atoms with Crippen LogP contribution in [0.15, 0.2) is 61.3 Å². The van der Waals surface area contributed by atoms with Gasteiger partial charge in [0.2, 0.25) is 0 Å². The average molecular weight is 377 g/mol. The highest BCUT2D eigenvalue weighted by Gasteiger charge is 2.13. The van der Waals surface area contributed by atoms with Crippen LogP contribution in [0.4, 0.5) is 0 Å².